The zero-order valence-electron chi connectivity index (χ0n) is 18.7. The van der Waals surface area contributed by atoms with E-state index in [1.54, 1.807) is 7.11 Å². The molecule has 30 heavy (non-hydrogen) atoms. The minimum absolute atomic E-state index is 0. The topological polar surface area (TPSA) is 29.5 Å². The number of hydrogen-bond donors (Lipinski definition) is 0. The number of ether oxygens (including phenoxy) is 1. The number of methoxy groups -OCH3 is 1. The highest BCUT2D eigenvalue weighted by atomic mass is 35.5. The molecule has 2 aliphatic rings. The van der Waals surface area contributed by atoms with E-state index in [-0.39, 0.29) is 17.9 Å². The summed E-state index contributed by atoms with van der Waals surface area (Å²) < 4.78 is 5.37. The quantitative estimate of drug-likeness (QED) is 0.632. The van der Waals surface area contributed by atoms with Gasteiger partial charge in [0.15, 0.2) is 5.78 Å². The van der Waals surface area contributed by atoms with Gasteiger partial charge in [-0.05, 0) is 106 Å². The first kappa shape index (κ1) is 22.8. The molecule has 1 unspecified atom stereocenters. The van der Waals surface area contributed by atoms with Crippen LogP contribution in [0.2, 0.25) is 0 Å². The first-order valence-electron chi connectivity index (χ1n) is 11.0. The molecule has 1 spiro atoms. The molecule has 162 valence electrons. The van der Waals surface area contributed by atoms with Crippen LogP contribution in [0.5, 0.6) is 5.75 Å². The van der Waals surface area contributed by atoms with Crippen molar-refractivity contribution in [3.05, 3.63) is 63.7 Å². The molecular formula is C26H34ClNO2. The fraction of sp³-hybridized carbons (Fsp3) is 0.500. The number of Topliss-reactive ketones (excluding diaryl/α,β-unsaturated/α-hetero) is 1. The van der Waals surface area contributed by atoms with E-state index in [9.17, 15) is 4.79 Å². The number of hydrogen-bond acceptors (Lipinski definition) is 3. The van der Waals surface area contributed by atoms with Crippen molar-refractivity contribution in [1.29, 1.82) is 0 Å². The van der Waals surface area contributed by atoms with Gasteiger partial charge in [0.2, 0.25) is 0 Å². The van der Waals surface area contributed by atoms with Crippen molar-refractivity contribution in [1.82, 2.24) is 4.90 Å². The smallest absolute Gasteiger partial charge is 0.183 e. The molecule has 1 fully saturated rings. The Balaban J connectivity index is 0.00000256. The molecule has 4 rings (SSSR count). The number of carbonyl (C=O) groups excluding carboxylic acids is 1. The molecule has 0 amide bonds. The molecular weight excluding hydrogens is 394 g/mol. The van der Waals surface area contributed by atoms with Gasteiger partial charge in [0, 0.05) is 12.1 Å². The van der Waals surface area contributed by atoms with Gasteiger partial charge in [0.1, 0.15) is 5.75 Å². The normalized spacial score (nSPS) is 21.3. The molecule has 0 aromatic heterocycles. The zero-order valence-corrected chi connectivity index (χ0v) is 19.5. The van der Waals surface area contributed by atoms with E-state index in [0.717, 1.165) is 62.1 Å². The minimum Gasteiger partial charge on any atom is -0.497 e. The average molecular weight is 428 g/mol. The molecule has 0 radical (unpaired) electrons. The van der Waals surface area contributed by atoms with E-state index >= 15 is 0 Å². The number of piperidine rings is 1. The number of aryl methyl sites for hydroxylation is 4. The number of fused-ring (bicyclic) bond motifs is 1. The summed E-state index contributed by atoms with van der Waals surface area (Å²) in [6.45, 7) is 8.59. The first-order valence-corrected chi connectivity index (χ1v) is 11.0. The van der Waals surface area contributed by atoms with Gasteiger partial charge in [-0.25, -0.2) is 0 Å². The van der Waals surface area contributed by atoms with E-state index in [2.05, 4.69) is 37.8 Å². The van der Waals surface area contributed by atoms with E-state index < -0.39 is 0 Å². The van der Waals surface area contributed by atoms with Crippen molar-refractivity contribution in [3.8, 4) is 5.75 Å². The van der Waals surface area contributed by atoms with Crippen LogP contribution in [0.4, 0.5) is 0 Å². The first-order chi connectivity index (χ1) is 13.9. The number of rotatable bonds is 4. The number of halogens is 1. The Hall–Kier alpha value is -1.84. The molecule has 4 heteroatoms. The maximum absolute atomic E-state index is 13.7. The fourth-order valence-electron chi connectivity index (χ4n) is 5.64. The lowest BCUT2D eigenvalue weighted by molar-refractivity contribution is 0.0298. The van der Waals surface area contributed by atoms with Gasteiger partial charge in [-0.3, -0.25) is 9.69 Å². The highest BCUT2D eigenvalue weighted by molar-refractivity contribution is 6.05. The summed E-state index contributed by atoms with van der Waals surface area (Å²) in [5.41, 5.74) is 7.27. The SMILES string of the molecule is COc1ccc2c(c1)CCC1(CCCCN1CCc1c(C)cc(C)cc1C)C2=O.Cl. The van der Waals surface area contributed by atoms with Gasteiger partial charge >= 0.3 is 0 Å². The Morgan fingerprint density at radius 2 is 1.77 bits per heavy atom. The molecule has 0 saturated carbocycles. The number of nitrogens with zero attached hydrogens (tertiary/aromatic N) is 1. The van der Waals surface area contributed by atoms with E-state index in [1.807, 2.05) is 18.2 Å². The van der Waals surface area contributed by atoms with Crippen molar-refractivity contribution in [3.63, 3.8) is 0 Å². The molecule has 2 aromatic carbocycles. The Labute approximate surface area is 187 Å². The van der Waals surface area contributed by atoms with Crippen LogP contribution in [0.1, 0.15) is 63.9 Å². The van der Waals surface area contributed by atoms with E-state index in [1.165, 1.54) is 28.7 Å². The number of ketones is 1. The minimum atomic E-state index is -0.313. The highest BCUT2D eigenvalue weighted by Gasteiger charge is 2.47. The summed E-state index contributed by atoms with van der Waals surface area (Å²) >= 11 is 0. The van der Waals surface area contributed by atoms with Crippen LogP contribution in [0.25, 0.3) is 0 Å². The Morgan fingerprint density at radius 1 is 1.03 bits per heavy atom. The molecule has 0 bridgehead atoms. The average Bonchev–Trinajstić information content (AvgIpc) is 2.71. The van der Waals surface area contributed by atoms with Gasteiger partial charge in [0.05, 0.1) is 12.6 Å². The number of likely N-dealkylation sites (tertiary alicyclic amines) is 1. The molecule has 2 aromatic rings. The predicted molar refractivity (Wildman–Crippen MR) is 125 cm³/mol. The van der Waals surface area contributed by atoms with Crippen molar-refractivity contribution in [2.75, 3.05) is 20.2 Å². The number of carbonyl (C=O) groups is 1. The predicted octanol–water partition coefficient (Wildman–Crippen LogP) is 5.64. The Kier molecular flexibility index (Phi) is 6.94. The summed E-state index contributed by atoms with van der Waals surface area (Å²) in [6.07, 6.45) is 6.23. The molecule has 1 saturated heterocycles. The lowest BCUT2D eigenvalue weighted by atomic mass is 9.71. The van der Waals surface area contributed by atoms with Crippen LogP contribution in [0, 0.1) is 20.8 Å². The third kappa shape index (κ3) is 4.02. The lowest BCUT2D eigenvalue weighted by Gasteiger charge is -2.48. The second-order valence-electron chi connectivity index (χ2n) is 8.96. The Bertz CT molecular complexity index is 916. The fourth-order valence-corrected chi connectivity index (χ4v) is 5.64. The molecule has 1 aliphatic heterocycles. The van der Waals surface area contributed by atoms with E-state index in [0.29, 0.717) is 5.78 Å². The van der Waals surface area contributed by atoms with Crippen molar-refractivity contribution < 1.29 is 9.53 Å². The van der Waals surface area contributed by atoms with Crippen LogP contribution < -0.4 is 4.74 Å². The Morgan fingerprint density at radius 3 is 2.47 bits per heavy atom. The summed E-state index contributed by atoms with van der Waals surface area (Å²) in [5.74, 6) is 1.18. The maximum atomic E-state index is 13.7. The highest BCUT2D eigenvalue weighted by Crippen LogP contribution is 2.40. The van der Waals surface area contributed by atoms with Gasteiger partial charge in [-0.15, -0.1) is 12.4 Å². The summed E-state index contributed by atoms with van der Waals surface area (Å²) in [6, 6.07) is 10.5. The molecule has 0 N–H and O–H groups in total. The largest absolute Gasteiger partial charge is 0.497 e. The van der Waals surface area contributed by atoms with Crippen LogP contribution in [0.15, 0.2) is 30.3 Å². The van der Waals surface area contributed by atoms with Gasteiger partial charge in [0.25, 0.3) is 0 Å². The number of benzene rings is 2. The lowest BCUT2D eigenvalue weighted by Crippen LogP contribution is -2.59. The molecule has 3 nitrogen and oxygen atoms in total. The molecule has 1 aliphatic carbocycles. The van der Waals surface area contributed by atoms with Crippen molar-refractivity contribution >= 4 is 18.2 Å². The van der Waals surface area contributed by atoms with Gasteiger partial charge in [-0.1, -0.05) is 17.7 Å². The summed E-state index contributed by atoms with van der Waals surface area (Å²) in [7, 11) is 1.69. The molecule has 1 heterocycles. The second-order valence-corrected chi connectivity index (χ2v) is 8.96. The van der Waals surface area contributed by atoms with Crippen LogP contribution in [0.3, 0.4) is 0 Å². The second kappa shape index (κ2) is 9.11. The van der Waals surface area contributed by atoms with Crippen LogP contribution >= 0.6 is 12.4 Å². The van der Waals surface area contributed by atoms with Crippen molar-refractivity contribution in [2.24, 2.45) is 0 Å². The summed E-state index contributed by atoms with van der Waals surface area (Å²) in [5, 5.41) is 0. The molecule has 1 atom stereocenters. The standard InChI is InChI=1S/C26H33NO2.ClH/c1-18-15-19(2)23(20(3)16-18)10-14-27-13-6-5-11-26(27)12-9-21-17-22(29-4)7-8-24(21)25(26)28;/h7-8,15-17H,5-6,9-14H2,1-4H3;1H. The zero-order chi connectivity index (χ0) is 20.6. The van der Waals surface area contributed by atoms with E-state index in [4.69, 9.17) is 4.74 Å². The van der Waals surface area contributed by atoms with Crippen molar-refractivity contribution in [2.45, 2.75) is 64.8 Å². The monoisotopic (exact) mass is 427 g/mol. The third-order valence-electron chi connectivity index (χ3n) is 7.13. The summed E-state index contributed by atoms with van der Waals surface area (Å²) in [4.78, 5) is 16.2. The third-order valence-corrected chi connectivity index (χ3v) is 7.13. The maximum Gasteiger partial charge on any atom is 0.183 e. The van der Waals surface area contributed by atoms with Gasteiger partial charge < -0.3 is 4.74 Å². The van der Waals surface area contributed by atoms with Crippen LogP contribution in [-0.4, -0.2) is 36.4 Å². The van der Waals surface area contributed by atoms with Gasteiger partial charge in [-0.2, -0.15) is 0 Å². The van der Waals surface area contributed by atoms with Crippen LogP contribution in [-0.2, 0) is 12.8 Å².